The predicted molar refractivity (Wildman–Crippen MR) is 59.3 cm³/mol. The molecule has 2 unspecified atom stereocenters. The molecule has 3 nitrogen and oxygen atoms in total. The van der Waals surface area contributed by atoms with Crippen LogP contribution in [-0.4, -0.2) is 55.1 Å². The normalized spacial score (nSPS) is 35.6. The molecule has 2 saturated heterocycles. The van der Waals surface area contributed by atoms with Gasteiger partial charge in [0.1, 0.15) is 0 Å². The van der Waals surface area contributed by atoms with E-state index >= 15 is 0 Å². The van der Waals surface area contributed by atoms with Gasteiger partial charge in [0, 0.05) is 31.7 Å². The fourth-order valence-corrected chi connectivity index (χ4v) is 3.02. The minimum absolute atomic E-state index is 0.785. The van der Waals surface area contributed by atoms with Gasteiger partial charge >= 0.3 is 0 Å². The van der Waals surface area contributed by atoms with Gasteiger partial charge in [0.2, 0.25) is 0 Å². The zero-order valence-electron chi connectivity index (χ0n) is 9.28. The van der Waals surface area contributed by atoms with Crippen LogP contribution in [0.3, 0.4) is 0 Å². The van der Waals surface area contributed by atoms with Crippen molar-refractivity contribution in [1.29, 1.82) is 0 Å². The minimum Gasteiger partial charge on any atom is -0.330 e. The smallest absolute Gasteiger partial charge is 0.0226 e. The van der Waals surface area contributed by atoms with Crippen LogP contribution >= 0.6 is 0 Å². The molecule has 0 bridgehead atoms. The van der Waals surface area contributed by atoms with Crippen LogP contribution < -0.4 is 5.73 Å². The fraction of sp³-hybridized carbons (Fsp3) is 1.00. The van der Waals surface area contributed by atoms with Gasteiger partial charge in [-0.3, -0.25) is 4.90 Å². The highest BCUT2D eigenvalue weighted by atomic mass is 15.3. The average molecular weight is 197 g/mol. The van der Waals surface area contributed by atoms with Crippen LogP contribution in [-0.2, 0) is 0 Å². The summed E-state index contributed by atoms with van der Waals surface area (Å²) >= 11 is 0. The number of likely N-dealkylation sites (N-methyl/N-ethyl adjacent to an activating group) is 1. The molecule has 2 heterocycles. The van der Waals surface area contributed by atoms with Crippen molar-refractivity contribution in [3.05, 3.63) is 0 Å². The molecule has 0 radical (unpaired) electrons. The van der Waals surface area contributed by atoms with E-state index in [1.165, 1.54) is 45.3 Å². The summed E-state index contributed by atoms with van der Waals surface area (Å²) in [6, 6.07) is 1.60. The highest BCUT2D eigenvalue weighted by Crippen LogP contribution is 2.27. The second kappa shape index (κ2) is 4.60. The van der Waals surface area contributed by atoms with Crippen LogP contribution in [0.25, 0.3) is 0 Å². The molecule has 0 amide bonds. The Kier molecular flexibility index (Phi) is 3.42. The number of nitrogens with zero attached hydrogens (tertiary/aromatic N) is 2. The lowest BCUT2D eigenvalue weighted by molar-refractivity contribution is 0.0172. The lowest BCUT2D eigenvalue weighted by Crippen LogP contribution is -2.57. The van der Waals surface area contributed by atoms with Crippen LogP contribution in [0.5, 0.6) is 0 Å². The maximum Gasteiger partial charge on any atom is 0.0226 e. The maximum atomic E-state index is 5.67. The number of piperidine rings is 1. The fourth-order valence-electron chi connectivity index (χ4n) is 3.02. The van der Waals surface area contributed by atoms with E-state index in [9.17, 15) is 0 Å². The molecular formula is C11H23N3. The van der Waals surface area contributed by atoms with Crippen molar-refractivity contribution in [2.75, 3.05) is 33.2 Å². The lowest BCUT2D eigenvalue weighted by Gasteiger charge is -2.47. The number of fused-ring (bicyclic) bond motifs is 1. The zero-order valence-corrected chi connectivity index (χ0v) is 9.28. The summed E-state index contributed by atoms with van der Waals surface area (Å²) in [5.41, 5.74) is 5.67. The van der Waals surface area contributed by atoms with E-state index in [-0.39, 0.29) is 0 Å². The summed E-state index contributed by atoms with van der Waals surface area (Å²) in [4.78, 5) is 5.18. The summed E-state index contributed by atoms with van der Waals surface area (Å²) < 4.78 is 0. The number of nitrogens with two attached hydrogens (primary N) is 1. The first-order valence-electron chi connectivity index (χ1n) is 5.95. The van der Waals surface area contributed by atoms with Crippen molar-refractivity contribution in [3.8, 4) is 0 Å². The van der Waals surface area contributed by atoms with Crippen molar-refractivity contribution in [3.63, 3.8) is 0 Å². The van der Waals surface area contributed by atoms with E-state index in [0.717, 1.165) is 18.6 Å². The van der Waals surface area contributed by atoms with Gasteiger partial charge in [-0.05, 0) is 32.9 Å². The van der Waals surface area contributed by atoms with Crippen molar-refractivity contribution in [2.24, 2.45) is 5.73 Å². The molecule has 0 spiro atoms. The summed E-state index contributed by atoms with van der Waals surface area (Å²) in [7, 11) is 2.24. The summed E-state index contributed by atoms with van der Waals surface area (Å²) in [5.74, 6) is 0. The Morgan fingerprint density at radius 1 is 1.29 bits per heavy atom. The SMILES string of the molecule is CN1CCN2C(CCN)CCCC2C1. The van der Waals surface area contributed by atoms with E-state index in [1.807, 2.05) is 0 Å². The minimum atomic E-state index is 0.785. The zero-order chi connectivity index (χ0) is 9.97. The van der Waals surface area contributed by atoms with Gasteiger partial charge in [-0.25, -0.2) is 0 Å². The Morgan fingerprint density at radius 3 is 2.93 bits per heavy atom. The molecule has 0 aliphatic carbocycles. The second-order valence-corrected chi connectivity index (χ2v) is 4.82. The first-order valence-corrected chi connectivity index (χ1v) is 5.95. The third-order valence-corrected chi connectivity index (χ3v) is 3.77. The van der Waals surface area contributed by atoms with Gasteiger partial charge in [0.05, 0.1) is 0 Å². The lowest BCUT2D eigenvalue weighted by atomic mass is 9.92. The number of piperazine rings is 1. The van der Waals surface area contributed by atoms with Crippen molar-refractivity contribution in [2.45, 2.75) is 37.8 Å². The Bertz CT molecular complexity index is 175. The molecule has 0 saturated carbocycles. The van der Waals surface area contributed by atoms with Crippen LogP contribution in [0.15, 0.2) is 0 Å². The average Bonchev–Trinajstić information content (AvgIpc) is 2.18. The van der Waals surface area contributed by atoms with Gasteiger partial charge in [-0.15, -0.1) is 0 Å². The molecule has 2 atom stereocenters. The first kappa shape index (κ1) is 10.4. The van der Waals surface area contributed by atoms with Crippen LogP contribution in [0, 0.1) is 0 Å². The van der Waals surface area contributed by atoms with Gasteiger partial charge in [0.25, 0.3) is 0 Å². The van der Waals surface area contributed by atoms with Crippen LogP contribution in [0.2, 0.25) is 0 Å². The topological polar surface area (TPSA) is 32.5 Å². The Hall–Kier alpha value is -0.120. The Morgan fingerprint density at radius 2 is 2.14 bits per heavy atom. The molecule has 2 aliphatic heterocycles. The first-order chi connectivity index (χ1) is 6.81. The summed E-state index contributed by atoms with van der Waals surface area (Å²) in [5, 5.41) is 0. The van der Waals surface area contributed by atoms with Gasteiger partial charge in [-0.2, -0.15) is 0 Å². The third-order valence-electron chi connectivity index (χ3n) is 3.77. The highest BCUT2D eigenvalue weighted by molar-refractivity contribution is 4.89. The molecule has 2 N–H and O–H groups in total. The quantitative estimate of drug-likeness (QED) is 0.700. The number of hydrogen-bond donors (Lipinski definition) is 1. The van der Waals surface area contributed by atoms with Crippen molar-refractivity contribution >= 4 is 0 Å². The molecular weight excluding hydrogens is 174 g/mol. The van der Waals surface area contributed by atoms with Crippen LogP contribution in [0.4, 0.5) is 0 Å². The molecule has 0 aromatic heterocycles. The maximum absolute atomic E-state index is 5.67. The van der Waals surface area contributed by atoms with E-state index in [1.54, 1.807) is 0 Å². The molecule has 2 aliphatic rings. The van der Waals surface area contributed by atoms with E-state index in [4.69, 9.17) is 5.73 Å². The van der Waals surface area contributed by atoms with Gasteiger partial charge < -0.3 is 10.6 Å². The molecule has 82 valence electrons. The molecule has 0 aromatic rings. The van der Waals surface area contributed by atoms with Gasteiger partial charge in [-0.1, -0.05) is 6.42 Å². The Balaban J connectivity index is 1.95. The molecule has 3 heteroatoms. The molecule has 2 rings (SSSR count). The number of hydrogen-bond acceptors (Lipinski definition) is 3. The standard InChI is InChI=1S/C11H23N3/c1-13-7-8-14-10(5-6-12)3-2-4-11(14)9-13/h10-11H,2-9,12H2,1H3. The highest BCUT2D eigenvalue weighted by Gasteiger charge is 2.33. The molecule has 0 aromatic carbocycles. The monoisotopic (exact) mass is 197 g/mol. The van der Waals surface area contributed by atoms with E-state index < -0.39 is 0 Å². The van der Waals surface area contributed by atoms with E-state index in [0.29, 0.717) is 0 Å². The van der Waals surface area contributed by atoms with E-state index in [2.05, 4.69) is 16.8 Å². The van der Waals surface area contributed by atoms with Gasteiger partial charge in [0.15, 0.2) is 0 Å². The summed E-state index contributed by atoms with van der Waals surface area (Å²) in [6.45, 7) is 4.61. The van der Waals surface area contributed by atoms with Crippen molar-refractivity contribution in [1.82, 2.24) is 9.80 Å². The molecule has 2 fully saturated rings. The molecule has 14 heavy (non-hydrogen) atoms. The number of rotatable bonds is 2. The second-order valence-electron chi connectivity index (χ2n) is 4.82. The summed E-state index contributed by atoms with van der Waals surface area (Å²) in [6.07, 6.45) is 5.36. The third kappa shape index (κ3) is 2.10. The predicted octanol–water partition coefficient (Wildman–Crippen LogP) is 0.504. The van der Waals surface area contributed by atoms with Crippen molar-refractivity contribution < 1.29 is 0 Å². The van der Waals surface area contributed by atoms with Crippen LogP contribution in [0.1, 0.15) is 25.7 Å². The Labute approximate surface area is 87.2 Å². The largest absolute Gasteiger partial charge is 0.330 e.